The number of guanidine groups is 1. The number of nitrogens with one attached hydrogen (secondary N) is 3. The molecule has 0 unspecified atom stereocenters. The number of benzene rings is 1. The van der Waals surface area contributed by atoms with Crippen LogP contribution >= 0.6 is 11.8 Å². The van der Waals surface area contributed by atoms with E-state index in [1.807, 2.05) is 55.6 Å². The standard InChI is InChI=1S/C18H22N6S/c1-15-17(24-14-23-15)12-25-11-10-21-18(22-13-19)20-9-5-8-16-6-3-2-4-7-16/h2-8,14H,9-12H2,1H3,(H,23,24)(H2,20,21,22). The van der Waals surface area contributed by atoms with Crippen molar-refractivity contribution in [3.05, 3.63) is 59.7 Å². The van der Waals surface area contributed by atoms with Gasteiger partial charge in [0.15, 0.2) is 6.19 Å². The number of nitrogens with zero attached hydrogens (tertiary/aromatic N) is 3. The van der Waals surface area contributed by atoms with Crippen molar-refractivity contribution in [3.8, 4) is 6.19 Å². The zero-order valence-corrected chi connectivity index (χ0v) is 15.0. The van der Waals surface area contributed by atoms with Gasteiger partial charge < -0.3 is 10.3 Å². The number of aromatic nitrogens is 2. The second-order valence-corrected chi connectivity index (χ2v) is 6.30. The lowest BCUT2D eigenvalue weighted by molar-refractivity contribution is 0.923. The van der Waals surface area contributed by atoms with Gasteiger partial charge in [0.1, 0.15) is 0 Å². The molecule has 0 spiro atoms. The summed E-state index contributed by atoms with van der Waals surface area (Å²) in [4.78, 5) is 11.7. The van der Waals surface area contributed by atoms with Crippen molar-refractivity contribution >= 4 is 23.8 Å². The Bertz CT molecular complexity index is 730. The molecule has 130 valence electrons. The van der Waals surface area contributed by atoms with E-state index in [1.165, 1.54) is 0 Å². The fourth-order valence-electron chi connectivity index (χ4n) is 2.03. The third kappa shape index (κ3) is 7.14. The molecule has 1 aromatic carbocycles. The topological polar surface area (TPSA) is 88.9 Å². The number of aryl methyl sites for hydroxylation is 1. The van der Waals surface area contributed by atoms with Crippen molar-refractivity contribution in [3.63, 3.8) is 0 Å². The summed E-state index contributed by atoms with van der Waals surface area (Å²) in [6, 6.07) is 10.0. The molecule has 6 nitrogen and oxygen atoms in total. The van der Waals surface area contributed by atoms with E-state index in [0.717, 1.165) is 35.0 Å². The SMILES string of the molecule is Cc1[nH]cnc1CSCCNC(=NCC=Cc1ccccc1)NC#N. The fraction of sp³-hybridized carbons (Fsp3) is 0.278. The first-order chi connectivity index (χ1) is 12.3. The predicted octanol–water partition coefficient (Wildman–Crippen LogP) is 2.68. The average Bonchev–Trinajstić information content (AvgIpc) is 3.04. The number of hydrogen-bond acceptors (Lipinski definition) is 4. The molecule has 25 heavy (non-hydrogen) atoms. The molecule has 3 N–H and O–H groups in total. The van der Waals surface area contributed by atoms with Crippen molar-refractivity contribution in [1.29, 1.82) is 5.26 Å². The Balaban J connectivity index is 1.69. The predicted molar refractivity (Wildman–Crippen MR) is 104 cm³/mol. The summed E-state index contributed by atoms with van der Waals surface area (Å²) in [5.74, 6) is 2.27. The molecule has 1 aromatic heterocycles. The van der Waals surface area contributed by atoms with Gasteiger partial charge in [-0.05, 0) is 12.5 Å². The number of imidazole rings is 1. The lowest BCUT2D eigenvalue weighted by atomic mass is 10.2. The van der Waals surface area contributed by atoms with Gasteiger partial charge in [-0.25, -0.2) is 9.98 Å². The molecule has 7 heteroatoms. The molecule has 1 heterocycles. The molecule has 0 radical (unpaired) electrons. The minimum Gasteiger partial charge on any atom is -0.355 e. The highest BCUT2D eigenvalue weighted by Gasteiger charge is 2.01. The number of H-pyrrole nitrogens is 1. The number of rotatable bonds is 8. The van der Waals surface area contributed by atoms with Gasteiger partial charge in [-0.3, -0.25) is 5.32 Å². The Morgan fingerprint density at radius 2 is 2.24 bits per heavy atom. The van der Waals surface area contributed by atoms with Gasteiger partial charge in [-0.15, -0.1) is 0 Å². The third-order valence-electron chi connectivity index (χ3n) is 3.35. The van der Waals surface area contributed by atoms with Gasteiger partial charge in [0.2, 0.25) is 5.96 Å². The molecular formula is C18H22N6S. The first-order valence-electron chi connectivity index (χ1n) is 8.01. The molecule has 0 bridgehead atoms. The Hall–Kier alpha value is -2.72. The molecule has 0 aliphatic carbocycles. The minimum absolute atomic E-state index is 0.497. The van der Waals surface area contributed by atoms with Gasteiger partial charge in [-0.2, -0.15) is 17.0 Å². The van der Waals surface area contributed by atoms with Gasteiger partial charge >= 0.3 is 0 Å². The van der Waals surface area contributed by atoms with E-state index in [4.69, 9.17) is 5.26 Å². The highest BCUT2D eigenvalue weighted by molar-refractivity contribution is 7.98. The van der Waals surface area contributed by atoms with Gasteiger partial charge in [-0.1, -0.05) is 42.5 Å². The smallest absolute Gasteiger partial charge is 0.205 e. The average molecular weight is 354 g/mol. The maximum absolute atomic E-state index is 8.81. The van der Waals surface area contributed by atoms with Crippen LogP contribution in [0, 0.1) is 18.4 Å². The van der Waals surface area contributed by atoms with E-state index in [-0.39, 0.29) is 0 Å². The summed E-state index contributed by atoms with van der Waals surface area (Å²) in [7, 11) is 0. The van der Waals surface area contributed by atoms with Crippen LogP contribution in [0.15, 0.2) is 47.7 Å². The normalized spacial score (nSPS) is 11.4. The van der Waals surface area contributed by atoms with Crippen molar-refractivity contribution < 1.29 is 0 Å². The third-order valence-corrected chi connectivity index (χ3v) is 4.32. The first-order valence-corrected chi connectivity index (χ1v) is 9.16. The van der Waals surface area contributed by atoms with Crippen LogP contribution in [0.3, 0.4) is 0 Å². The second kappa shape index (κ2) is 10.9. The van der Waals surface area contributed by atoms with E-state index < -0.39 is 0 Å². The zero-order valence-electron chi connectivity index (χ0n) is 14.2. The second-order valence-electron chi connectivity index (χ2n) is 5.19. The molecule has 0 aliphatic heterocycles. The molecule has 0 atom stereocenters. The molecule has 0 fully saturated rings. The van der Waals surface area contributed by atoms with Crippen LogP contribution in [0.1, 0.15) is 17.0 Å². The number of aliphatic imine (C=N–C) groups is 1. The monoisotopic (exact) mass is 354 g/mol. The summed E-state index contributed by atoms with van der Waals surface area (Å²) in [5, 5.41) is 14.5. The molecule has 0 aliphatic rings. The molecule has 2 aromatic rings. The van der Waals surface area contributed by atoms with E-state index in [0.29, 0.717) is 12.5 Å². The lowest BCUT2D eigenvalue weighted by Crippen LogP contribution is -2.36. The molecule has 0 saturated carbocycles. The van der Waals surface area contributed by atoms with E-state index >= 15 is 0 Å². The van der Waals surface area contributed by atoms with Crippen LogP contribution in [0.25, 0.3) is 6.08 Å². The van der Waals surface area contributed by atoms with E-state index in [9.17, 15) is 0 Å². The van der Waals surface area contributed by atoms with Gasteiger partial charge in [0.05, 0.1) is 18.6 Å². The van der Waals surface area contributed by atoms with Crippen LogP contribution in [0.4, 0.5) is 0 Å². The summed E-state index contributed by atoms with van der Waals surface area (Å²) < 4.78 is 0. The van der Waals surface area contributed by atoms with Crippen LogP contribution < -0.4 is 10.6 Å². The molecule has 2 rings (SSSR count). The summed E-state index contributed by atoms with van der Waals surface area (Å²) in [5.41, 5.74) is 3.32. The number of aromatic amines is 1. The van der Waals surface area contributed by atoms with Crippen LogP contribution in [-0.2, 0) is 5.75 Å². The Kier molecular flexibility index (Phi) is 8.15. The molecule has 0 amide bonds. The van der Waals surface area contributed by atoms with Crippen LogP contribution in [0.5, 0.6) is 0 Å². The number of thioether (sulfide) groups is 1. The van der Waals surface area contributed by atoms with Crippen molar-refractivity contribution in [2.75, 3.05) is 18.8 Å². The summed E-state index contributed by atoms with van der Waals surface area (Å²) in [6.45, 7) is 3.25. The Morgan fingerprint density at radius 1 is 1.40 bits per heavy atom. The van der Waals surface area contributed by atoms with Gasteiger partial charge in [0, 0.05) is 23.7 Å². The summed E-state index contributed by atoms with van der Waals surface area (Å²) in [6.07, 6.45) is 7.60. The lowest BCUT2D eigenvalue weighted by Gasteiger charge is -2.07. The fourth-order valence-corrected chi connectivity index (χ4v) is 2.91. The largest absolute Gasteiger partial charge is 0.355 e. The first kappa shape index (κ1) is 18.6. The van der Waals surface area contributed by atoms with Crippen molar-refractivity contribution in [2.24, 2.45) is 4.99 Å². The summed E-state index contributed by atoms with van der Waals surface area (Å²) >= 11 is 1.79. The minimum atomic E-state index is 0.497. The van der Waals surface area contributed by atoms with Crippen molar-refractivity contribution in [2.45, 2.75) is 12.7 Å². The Morgan fingerprint density at radius 3 is 2.96 bits per heavy atom. The van der Waals surface area contributed by atoms with Crippen LogP contribution in [-0.4, -0.2) is 34.8 Å². The van der Waals surface area contributed by atoms with E-state index in [2.05, 4.69) is 25.6 Å². The Labute approximate surface area is 152 Å². The quantitative estimate of drug-likeness (QED) is 0.223. The number of hydrogen-bond donors (Lipinski definition) is 3. The molecule has 0 saturated heterocycles. The maximum atomic E-state index is 8.81. The van der Waals surface area contributed by atoms with Gasteiger partial charge in [0.25, 0.3) is 0 Å². The highest BCUT2D eigenvalue weighted by Crippen LogP contribution is 2.11. The highest BCUT2D eigenvalue weighted by atomic mass is 32.2. The molecular weight excluding hydrogens is 332 g/mol. The zero-order chi connectivity index (χ0) is 17.7. The van der Waals surface area contributed by atoms with Crippen molar-refractivity contribution in [1.82, 2.24) is 20.6 Å². The maximum Gasteiger partial charge on any atom is 0.205 e. The number of nitriles is 1. The van der Waals surface area contributed by atoms with Crippen LogP contribution in [0.2, 0.25) is 0 Å². The van der Waals surface area contributed by atoms with E-state index in [1.54, 1.807) is 18.1 Å².